The summed E-state index contributed by atoms with van der Waals surface area (Å²) in [5.41, 5.74) is 0.779. The zero-order chi connectivity index (χ0) is 11.8. The minimum absolute atomic E-state index is 0.313. The lowest BCUT2D eigenvalue weighted by molar-refractivity contribution is 0.599. The first-order valence-corrected chi connectivity index (χ1v) is 5.67. The van der Waals surface area contributed by atoms with Crippen molar-refractivity contribution in [2.75, 3.05) is 11.9 Å². The van der Waals surface area contributed by atoms with Gasteiger partial charge in [0.2, 0.25) is 0 Å². The van der Waals surface area contributed by atoms with E-state index in [1.54, 1.807) is 0 Å². The number of aromatic nitrogens is 1. The van der Waals surface area contributed by atoms with Crippen LogP contribution in [0.25, 0.3) is 10.8 Å². The van der Waals surface area contributed by atoms with Crippen molar-refractivity contribution in [1.29, 1.82) is 10.7 Å². The number of hydrogen-bond acceptors (Lipinski definition) is 3. The summed E-state index contributed by atoms with van der Waals surface area (Å²) in [5.74, 6) is 0.968. The lowest BCUT2D eigenvalue weighted by atomic mass is 10.1. The van der Waals surface area contributed by atoms with E-state index in [9.17, 15) is 5.26 Å². The summed E-state index contributed by atoms with van der Waals surface area (Å²) in [6, 6.07) is 9.93. The molecule has 0 saturated carbocycles. The van der Waals surface area contributed by atoms with Crippen molar-refractivity contribution in [2.24, 2.45) is 0 Å². The molecule has 0 fully saturated rings. The molecule has 3 rings (SSSR count). The molecule has 4 nitrogen and oxygen atoms in total. The molecule has 0 amide bonds. The fourth-order valence-corrected chi connectivity index (χ4v) is 2.40. The van der Waals surface area contributed by atoms with Gasteiger partial charge in [-0.25, -0.2) is 0 Å². The Morgan fingerprint density at radius 3 is 2.82 bits per heavy atom. The van der Waals surface area contributed by atoms with E-state index in [1.807, 2.05) is 28.8 Å². The molecular weight excluding hydrogens is 212 g/mol. The predicted molar refractivity (Wildman–Crippen MR) is 65.6 cm³/mol. The Labute approximate surface area is 98.6 Å². The number of benzene rings is 1. The topological polar surface area (TPSA) is 64.6 Å². The second-order valence-corrected chi connectivity index (χ2v) is 4.16. The highest BCUT2D eigenvalue weighted by Crippen LogP contribution is 2.25. The summed E-state index contributed by atoms with van der Waals surface area (Å²) in [5, 5.41) is 22.5. The highest BCUT2D eigenvalue weighted by Gasteiger charge is 2.15. The molecule has 2 aromatic rings. The summed E-state index contributed by atoms with van der Waals surface area (Å²) in [7, 11) is 0. The normalized spacial score (nSPS) is 13.8. The number of hydrogen-bond donors (Lipinski definition) is 2. The first-order valence-electron chi connectivity index (χ1n) is 5.67. The van der Waals surface area contributed by atoms with Crippen molar-refractivity contribution >= 4 is 16.6 Å². The molecule has 0 radical (unpaired) electrons. The molecule has 0 bridgehead atoms. The second-order valence-electron chi connectivity index (χ2n) is 4.16. The second kappa shape index (κ2) is 3.63. The van der Waals surface area contributed by atoms with Gasteiger partial charge in [-0.15, -0.1) is 0 Å². The van der Waals surface area contributed by atoms with Gasteiger partial charge in [0, 0.05) is 23.9 Å². The Hall–Kier alpha value is -2.28. The van der Waals surface area contributed by atoms with Gasteiger partial charge in [-0.1, -0.05) is 24.3 Å². The maximum absolute atomic E-state index is 9.21. The summed E-state index contributed by atoms with van der Waals surface area (Å²) in [6.45, 7) is 1.73. The number of anilines is 1. The average Bonchev–Trinajstić information content (AvgIpc) is 2.40. The van der Waals surface area contributed by atoms with Crippen LogP contribution in [0.15, 0.2) is 24.3 Å². The van der Waals surface area contributed by atoms with Gasteiger partial charge < -0.3 is 9.88 Å². The van der Waals surface area contributed by atoms with Crippen LogP contribution >= 0.6 is 0 Å². The summed E-state index contributed by atoms with van der Waals surface area (Å²) < 4.78 is 1.89. The van der Waals surface area contributed by atoms with Crippen LogP contribution in [0.5, 0.6) is 0 Å². The highest BCUT2D eigenvalue weighted by molar-refractivity contribution is 5.95. The molecule has 1 aromatic carbocycles. The van der Waals surface area contributed by atoms with Gasteiger partial charge in [-0.3, -0.25) is 5.41 Å². The molecule has 0 spiro atoms. The van der Waals surface area contributed by atoms with Crippen LogP contribution in [0.2, 0.25) is 0 Å². The molecule has 0 saturated heterocycles. The number of rotatable bonds is 0. The Morgan fingerprint density at radius 2 is 2.06 bits per heavy atom. The summed E-state index contributed by atoms with van der Waals surface area (Å²) >= 11 is 0. The number of nitrogens with one attached hydrogen (secondary N) is 2. The zero-order valence-electron chi connectivity index (χ0n) is 9.33. The molecule has 4 heteroatoms. The van der Waals surface area contributed by atoms with Crippen molar-refractivity contribution in [3.63, 3.8) is 0 Å². The number of nitriles is 1. The maximum atomic E-state index is 9.21. The van der Waals surface area contributed by atoms with E-state index < -0.39 is 0 Å². The number of nitrogens with zero attached hydrogens (tertiary/aromatic N) is 2. The van der Waals surface area contributed by atoms with Crippen LogP contribution in [0.4, 0.5) is 5.82 Å². The van der Waals surface area contributed by atoms with Crippen molar-refractivity contribution in [1.82, 2.24) is 4.57 Å². The molecular formula is C13H12N4. The van der Waals surface area contributed by atoms with Gasteiger partial charge in [-0.2, -0.15) is 5.26 Å². The monoisotopic (exact) mass is 224 g/mol. The van der Waals surface area contributed by atoms with Crippen molar-refractivity contribution in [3.8, 4) is 6.07 Å². The smallest absolute Gasteiger partial charge is 0.145 e. The first kappa shape index (κ1) is 9.91. The molecule has 17 heavy (non-hydrogen) atoms. The van der Waals surface area contributed by atoms with Gasteiger partial charge in [0.15, 0.2) is 0 Å². The van der Waals surface area contributed by atoms with Crippen molar-refractivity contribution in [3.05, 3.63) is 35.3 Å². The third-order valence-corrected chi connectivity index (χ3v) is 3.19. The van der Waals surface area contributed by atoms with E-state index in [1.165, 1.54) is 0 Å². The van der Waals surface area contributed by atoms with Crippen LogP contribution in [0.1, 0.15) is 12.0 Å². The van der Waals surface area contributed by atoms with Gasteiger partial charge in [0.1, 0.15) is 22.9 Å². The molecule has 1 aliphatic rings. The molecule has 0 unspecified atom stereocenters. The lowest BCUT2D eigenvalue weighted by Crippen LogP contribution is -2.30. The van der Waals surface area contributed by atoms with Gasteiger partial charge in [0.25, 0.3) is 0 Å². The Balaban J connectivity index is 2.53. The van der Waals surface area contributed by atoms with Crippen molar-refractivity contribution < 1.29 is 0 Å². The van der Waals surface area contributed by atoms with Gasteiger partial charge in [-0.05, 0) is 6.42 Å². The number of pyridine rings is 1. The average molecular weight is 224 g/mol. The number of fused-ring (bicyclic) bond motifs is 3. The third-order valence-electron chi connectivity index (χ3n) is 3.19. The van der Waals surface area contributed by atoms with Crippen LogP contribution in [-0.4, -0.2) is 11.1 Å². The maximum Gasteiger partial charge on any atom is 0.145 e. The van der Waals surface area contributed by atoms with Crippen LogP contribution < -0.4 is 10.8 Å². The van der Waals surface area contributed by atoms with Crippen LogP contribution in [0, 0.1) is 16.7 Å². The quantitative estimate of drug-likeness (QED) is 0.716. The fourth-order valence-electron chi connectivity index (χ4n) is 2.40. The molecule has 2 N–H and O–H groups in total. The van der Waals surface area contributed by atoms with E-state index in [0.29, 0.717) is 11.1 Å². The summed E-state index contributed by atoms with van der Waals surface area (Å²) in [6.07, 6.45) is 0.993. The Bertz CT molecular complexity index is 691. The lowest BCUT2D eigenvalue weighted by Gasteiger charge is -2.23. The molecule has 84 valence electrons. The van der Waals surface area contributed by atoms with E-state index in [-0.39, 0.29) is 0 Å². The van der Waals surface area contributed by atoms with E-state index in [0.717, 1.165) is 36.1 Å². The molecule has 2 heterocycles. The highest BCUT2D eigenvalue weighted by atomic mass is 15.1. The van der Waals surface area contributed by atoms with Gasteiger partial charge in [0.05, 0.1) is 0 Å². The molecule has 1 aliphatic heterocycles. The van der Waals surface area contributed by atoms with Gasteiger partial charge >= 0.3 is 0 Å². The Morgan fingerprint density at radius 1 is 1.29 bits per heavy atom. The molecule has 0 aliphatic carbocycles. The SMILES string of the molecule is N#Cc1c(=N)n2c(c3ccccc13)NCCC2. The van der Waals surface area contributed by atoms with Crippen molar-refractivity contribution in [2.45, 2.75) is 13.0 Å². The predicted octanol–water partition coefficient (Wildman–Crippen LogP) is 1.81. The van der Waals surface area contributed by atoms with Crippen LogP contribution in [0.3, 0.4) is 0 Å². The van der Waals surface area contributed by atoms with E-state index in [2.05, 4.69) is 11.4 Å². The minimum Gasteiger partial charge on any atom is -0.371 e. The molecule has 1 aromatic heterocycles. The largest absolute Gasteiger partial charge is 0.371 e. The Kier molecular flexibility index (Phi) is 2.12. The third kappa shape index (κ3) is 1.32. The van der Waals surface area contributed by atoms with E-state index >= 15 is 0 Å². The minimum atomic E-state index is 0.313. The van der Waals surface area contributed by atoms with Crippen LogP contribution in [-0.2, 0) is 6.54 Å². The van der Waals surface area contributed by atoms with E-state index in [4.69, 9.17) is 5.41 Å². The first-order chi connectivity index (χ1) is 8.33. The fraction of sp³-hybridized carbons (Fsp3) is 0.231. The standard InChI is InChI=1S/C13H12N4/c14-8-11-9-4-1-2-5-10(9)13-16-6-3-7-17(13)12(11)15/h1-2,4-5,15-16H,3,6-7H2. The summed E-state index contributed by atoms with van der Waals surface area (Å²) in [4.78, 5) is 0. The zero-order valence-corrected chi connectivity index (χ0v) is 9.33. The molecule has 0 atom stereocenters.